The Bertz CT molecular complexity index is 1390. The van der Waals surface area contributed by atoms with Gasteiger partial charge in [0.1, 0.15) is 22.1 Å². The molecule has 0 saturated carbocycles. The van der Waals surface area contributed by atoms with E-state index in [1.807, 2.05) is 0 Å². The average Bonchev–Trinajstić information content (AvgIpc) is 3.28. The van der Waals surface area contributed by atoms with Crippen molar-refractivity contribution in [3.63, 3.8) is 0 Å². The van der Waals surface area contributed by atoms with E-state index in [-0.39, 0.29) is 40.3 Å². The van der Waals surface area contributed by atoms with Crippen LogP contribution in [0.1, 0.15) is 11.6 Å². The number of phenolic OH excluding ortho intramolecular Hbond substituents is 3. The molecule has 0 aliphatic carbocycles. The second-order valence-corrected chi connectivity index (χ2v) is 6.86. The topological polar surface area (TPSA) is 167 Å². The summed E-state index contributed by atoms with van der Waals surface area (Å²) in [6, 6.07) is 12.3. The number of anilines is 4. The second-order valence-electron chi connectivity index (χ2n) is 6.86. The molecule has 0 fully saturated rings. The summed E-state index contributed by atoms with van der Waals surface area (Å²) in [7, 11) is 0. The number of benzene rings is 2. The highest BCUT2D eigenvalue weighted by atomic mass is 19.1. The van der Waals surface area contributed by atoms with Crippen molar-refractivity contribution in [1.82, 2.24) is 9.97 Å². The molecule has 2 aromatic carbocycles. The van der Waals surface area contributed by atoms with E-state index in [1.165, 1.54) is 54.6 Å². The van der Waals surface area contributed by atoms with Gasteiger partial charge in [-0.15, -0.1) is 0 Å². The maximum Gasteiger partial charge on any atom is 0.433 e. The minimum atomic E-state index is -0.950. The van der Waals surface area contributed by atoms with Gasteiger partial charge in [0.15, 0.2) is 23.1 Å². The Kier molecular flexibility index (Phi) is 5.95. The van der Waals surface area contributed by atoms with E-state index in [0.717, 1.165) is 0 Å². The molecule has 0 bridgehead atoms. The van der Waals surface area contributed by atoms with Gasteiger partial charge in [0.25, 0.3) is 0 Å². The molecule has 172 valence electrons. The molecule has 0 aliphatic heterocycles. The van der Waals surface area contributed by atoms with E-state index in [0.29, 0.717) is 5.69 Å². The van der Waals surface area contributed by atoms with Crippen molar-refractivity contribution in [2.45, 2.75) is 0 Å². The summed E-state index contributed by atoms with van der Waals surface area (Å²) in [5, 5.41) is 45.1. The van der Waals surface area contributed by atoms with Crippen LogP contribution in [0.5, 0.6) is 17.2 Å². The number of aromatic hydroxyl groups is 3. The maximum absolute atomic E-state index is 15.0. The highest BCUT2D eigenvalue weighted by Gasteiger charge is 2.16. The van der Waals surface area contributed by atoms with E-state index < -0.39 is 22.5 Å². The predicted molar refractivity (Wildman–Crippen MR) is 121 cm³/mol. The van der Waals surface area contributed by atoms with Gasteiger partial charge in [-0.05, 0) is 54.6 Å². The van der Waals surface area contributed by atoms with Crippen LogP contribution in [0.3, 0.4) is 0 Å². The summed E-state index contributed by atoms with van der Waals surface area (Å²) < 4.78 is 20.1. The lowest BCUT2D eigenvalue weighted by molar-refractivity contribution is -0.402. The molecule has 0 spiro atoms. The Labute approximate surface area is 190 Å². The van der Waals surface area contributed by atoms with Crippen LogP contribution in [0, 0.1) is 16.1 Å². The minimum absolute atomic E-state index is 0.0100. The molecule has 0 atom stereocenters. The van der Waals surface area contributed by atoms with Gasteiger partial charge in [0.2, 0.25) is 5.95 Å². The molecule has 0 saturated heterocycles. The monoisotopic (exact) mass is 465 g/mol. The molecule has 2 aromatic heterocycles. The van der Waals surface area contributed by atoms with Gasteiger partial charge in [-0.3, -0.25) is 10.1 Å². The molecule has 11 nitrogen and oxygen atoms in total. The Morgan fingerprint density at radius 2 is 1.65 bits per heavy atom. The van der Waals surface area contributed by atoms with E-state index >= 15 is 4.39 Å². The second kappa shape index (κ2) is 9.16. The lowest BCUT2D eigenvalue weighted by Crippen LogP contribution is -2.06. The third kappa shape index (κ3) is 5.02. The fraction of sp³-hybridized carbons (Fsp3) is 0. The van der Waals surface area contributed by atoms with Crippen LogP contribution in [0.15, 0.2) is 59.0 Å². The molecule has 0 aliphatic rings. The molecule has 34 heavy (non-hydrogen) atoms. The Morgan fingerprint density at radius 3 is 2.32 bits per heavy atom. The molecule has 5 N–H and O–H groups in total. The molecule has 0 radical (unpaired) electrons. The number of halogens is 1. The predicted octanol–water partition coefficient (Wildman–Crippen LogP) is 4.89. The average molecular weight is 465 g/mol. The van der Waals surface area contributed by atoms with Crippen LogP contribution in [0.2, 0.25) is 0 Å². The highest BCUT2D eigenvalue weighted by molar-refractivity contribution is 5.77. The van der Waals surface area contributed by atoms with Crippen molar-refractivity contribution in [1.29, 1.82) is 0 Å². The van der Waals surface area contributed by atoms with Crippen LogP contribution >= 0.6 is 0 Å². The molecular weight excluding hydrogens is 449 g/mol. The first-order valence-corrected chi connectivity index (χ1v) is 9.63. The van der Waals surface area contributed by atoms with Crippen molar-refractivity contribution in [3.8, 4) is 17.2 Å². The smallest absolute Gasteiger partial charge is 0.433 e. The maximum atomic E-state index is 15.0. The van der Waals surface area contributed by atoms with Crippen molar-refractivity contribution < 1.29 is 29.1 Å². The SMILES string of the molecule is O=[N+]([O-])c1ccc(/C=C/c2nc(F)c(Nc3ccc(O)c(O)c3)c(Nc3ccc(O)cc3)n2)o1. The third-order valence-corrected chi connectivity index (χ3v) is 4.45. The molecule has 0 unspecified atom stereocenters. The fourth-order valence-electron chi connectivity index (χ4n) is 2.84. The number of phenols is 3. The lowest BCUT2D eigenvalue weighted by Gasteiger charge is -2.14. The van der Waals surface area contributed by atoms with E-state index in [4.69, 9.17) is 4.42 Å². The molecule has 2 heterocycles. The standard InChI is InChI=1S/C22H16FN5O6/c23-21-20(24-13-3-8-16(30)17(31)11-13)22(25-12-1-4-14(29)5-2-12)27-18(26-21)9-6-15-7-10-19(34-15)28(32)33/h1-11,24,29-31H,(H,25,26,27)/b9-6+. The van der Waals surface area contributed by atoms with Gasteiger partial charge in [0.05, 0.1) is 6.07 Å². The molecule has 4 rings (SSSR count). The zero-order chi connectivity index (χ0) is 24.2. The number of nitrogens with zero attached hydrogens (tertiary/aromatic N) is 3. The summed E-state index contributed by atoms with van der Waals surface area (Å²) in [5.74, 6) is -2.03. The number of nitrogens with one attached hydrogen (secondary N) is 2. The zero-order valence-electron chi connectivity index (χ0n) is 17.1. The normalized spacial score (nSPS) is 11.0. The van der Waals surface area contributed by atoms with E-state index in [9.17, 15) is 25.4 Å². The Morgan fingerprint density at radius 1 is 0.912 bits per heavy atom. The lowest BCUT2D eigenvalue weighted by atomic mass is 10.2. The van der Waals surface area contributed by atoms with Gasteiger partial charge in [-0.2, -0.15) is 9.37 Å². The minimum Gasteiger partial charge on any atom is -0.508 e. The first kappa shape index (κ1) is 22.1. The van der Waals surface area contributed by atoms with Gasteiger partial charge < -0.3 is 30.4 Å². The molecule has 0 amide bonds. The van der Waals surface area contributed by atoms with Gasteiger partial charge in [-0.1, -0.05) is 0 Å². The quantitative estimate of drug-likeness (QED) is 0.0833. The third-order valence-electron chi connectivity index (χ3n) is 4.45. The van der Waals surface area contributed by atoms with E-state index in [2.05, 4.69) is 20.6 Å². The van der Waals surface area contributed by atoms with Crippen LogP contribution < -0.4 is 10.6 Å². The van der Waals surface area contributed by atoms with Crippen LogP contribution in [-0.4, -0.2) is 30.2 Å². The van der Waals surface area contributed by atoms with Crippen LogP contribution in [0.4, 0.5) is 33.2 Å². The number of aromatic nitrogens is 2. The summed E-state index contributed by atoms with van der Waals surface area (Å²) in [4.78, 5) is 18.1. The van der Waals surface area contributed by atoms with Crippen molar-refractivity contribution in [3.05, 3.63) is 82.2 Å². The van der Waals surface area contributed by atoms with Crippen LogP contribution in [-0.2, 0) is 0 Å². The van der Waals surface area contributed by atoms with Crippen LogP contribution in [0.25, 0.3) is 12.2 Å². The summed E-state index contributed by atoms with van der Waals surface area (Å²) in [5.41, 5.74) is 0.561. The van der Waals surface area contributed by atoms with Gasteiger partial charge >= 0.3 is 5.88 Å². The summed E-state index contributed by atoms with van der Waals surface area (Å²) in [6.45, 7) is 0. The number of hydrogen-bond acceptors (Lipinski definition) is 10. The number of rotatable bonds is 7. The van der Waals surface area contributed by atoms with Crippen molar-refractivity contribution in [2.75, 3.05) is 10.6 Å². The summed E-state index contributed by atoms with van der Waals surface area (Å²) >= 11 is 0. The Hall–Kier alpha value is -5.13. The number of nitro groups is 1. The Balaban J connectivity index is 1.70. The summed E-state index contributed by atoms with van der Waals surface area (Å²) in [6.07, 6.45) is 2.65. The van der Waals surface area contributed by atoms with Gasteiger partial charge in [-0.25, -0.2) is 4.98 Å². The zero-order valence-corrected chi connectivity index (χ0v) is 17.1. The number of hydrogen-bond donors (Lipinski definition) is 5. The van der Waals surface area contributed by atoms with Crippen molar-refractivity contribution in [2.24, 2.45) is 0 Å². The van der Waals surface area contributed by atoms with Crippen molar-refractivity contribution >= 4 is 40.9 Å². The first-order chi connectivity index (χ1) is 16.3. The number of furan rings is 1. The first-order valence-electron chi connectivity index (χ1n) is 9.63. The van der Waals surface area contributed by atoms with Gasteiger partial charge in [0, 0.05) is 17.4 Å². The highest BCUT2D eigenvalue weighted by Crippen LogP contribution is 2.33. The fourth-order valence-corrected chi connectivity index (χ4v) is 2.84. The largest absolute Gasteiger partial charge is 0.508 e. The molecular formula is C22H16FN5O6. The molecule has 4 aromatic rings. The molecule has 12 heteroatoms. The van der Waals surface area contributed by atoms with E-state index in [1.54, 1.807) is 12.1 Å².